The number of nitrogens with two attached hydrogens (primary N) is 1. The van der Waals surface area contributed by atoms with Crippen molar-refractivity contribution in [2.24, 2.45) is 5.73 Å². The lowest BCUT2D eigenvalue weighted by atomic mass is 10.1. The third kappa shape index (κ3) is 3.05. The van der Waals surface area contributed by atoms with Gasteiger partial charge in [0.2, 0.25) is 0 Å². The Bertz CT molecular complexity index is 574. The Labute approximate surface area is 127 Å². The molecule has 1 aromatic carbocycles. The van der Waals surface area contributed by atoms with Crippen molar-refractivity contribution in [2.75, 3.05) is 37.7 Å². The zero-order valence-electron chi connectivity index (χ0n) is 12.2. The predicted octanol–water partition coefficient (Wildman–Crippen LogP) is 1.11. The molecule has 3 rings (SSSR count). The van der Waals surface area contributed by atoms with E-state index in [1.165, 1.54) is 4.90 Å². The van der Waals surface area contributed by atoms with Gasteiger partial charge in [-0.3, -0.25) is 4.79 Å². The van der Waals surface area contributed by atoms with Gasteiger partial charge in [-0.15, -0.1) is 0 Å². The molecule has 0 bridgehead atoms. The molecule has 0 saturated carbocycles. The fourth-order valence-electron chi connectivity index (χ4n) is 2.90. The Kier molecular flexibility index (Phi) is 4.26. The van der Waals surface area contributed by atoms with Crippen LogP contribution in [0.3, 0.4) is 0 Å². The first kappa shape index (κ1) is 15.2. The molecule has 0 radical (unpaired) electrons. The number of anilines is 1. The molecular weight excluding hydrogens is 292 g/mol. The number of piperidine rings is 1. The molecule has 1 saturated heterocycles. The van der Waals surface area contributed by atoms with Crippen molar-refractivity contribution in [1.29, 1.82) is 0 Å². The summed E-state index contributed by atoms with van der Waals surface area (Å²) in [7, 11) is 0. The number of nitrogens with zero attached hydrogens (tertiary/aromatic N) is 2. The van der Waals surface area contributed by atoms with Gasteiger partial charge in [0.1, 0.15) is 5.82 Å². The summed E-state index contributed by atoms with van der Waals surface area (Å²) in [5, 5.41) is 0. The highest BCUT2D eigenvalue weighted by molar-refractivity contribution is 5.97. The van der Waals surface area contributed by atoms with Crippen molar-refractivity contribution in [3.8, 4) is 5.75 Å². The number of benzene rings is 1. The van der Waals surface area contributed by atoms with Crippen LogP contribution in [0.15, 0.2) is 12.1 Å². The van der Waals surface area contributed by atoms with E-state index in [0.29, 0.717) is 13.1 Å². The molecule has 0 spiro atoms. The van der Waals surface area contributed by atoms with Gasteiger partial charge >= 0.3 is 0 Å². The second kappa shape index (κ2) is 6.18. The molecule has 1 fully saturated rings. The van der Waals surface area contributed by atoms with E-state index >= 15 is 0 Å². The van der Waals surface area contributed by atoms with Crippen molar-refractivity contribution < 1.29 is 18.3 Å². The van der Waals surface area contributed by atoms with Crippen LogP contribution < -0.4 is 15.4 Å². The summed E-state index contributed by atoms with van der Waals surface area (Å²) in [5.74, 6) is -1.84. The Hall–Kier alpha value is -1.73. The van der Waals surface area contributed by atoms with Crippen LogP contribution >= 0.6 is 0 Å². The van der Waals surface area contributed by atoms with Crippen molar-refractivity contribution >= 4 is 11.6 Å². The Balaban J connectivity index is 1.72. The largest absolute Gasteiger partial charge is 0.478 e. The van der Waals surface area contributed by atoms with Crippen molar-refractivity contribution in [3.63, 3.8) is 0 Å². The normalized spacial score (nSPS) is 20.0. The third-order valence-electron chi connectivity index (χ3n) is 4.19. The zero-order chi connectivity index (χ0) is 15.7. The van der Waals surface area contributed by atoms with Gasteiger partial charge in [-0.1, -0.05) is 0 Å². The molecule has 7 heteroatoms. The summed E-state index contributed by atoms with van der Waals surface area (Å²) in [5.41, 5.74) is 6.03. The summed E-state index contributed by atoms with van der Waals surface area (Å²) < 4.78 is 32.3. The highest BCUT2D eigenvalue weighted by Gasteiger charge is 2.29. The zero-order valence-corrected chi connectivity index (χ0v) is 12.2. The highest BCUT2D eigenvalue weighted by atomic mass is 19.1. The minimum absolute atomic E-state index is 0.0540. The molecule has 0 aromatic heterocycles. The minimum Gasteiger partial charge on any atom is -0.478 e. The molecule has 5 nitrogen and oxygen atoms in total. The Morgan fingerprint density at radius 1 is 1.23 bits per heavy atom. The number of fused-ring (bicyclic) bond motifs is 1. The van der Waals surface area contributed by atoms with Crippen LogP contribution in [0.5, 0.6) is 5.75 Å². The third-order valence-corrected chi connectivity index (χ3v) is 4.19. The van der Waals surface area contributed by atoms with Crippen LogP contribution in [0.1, 0.15) is 12.8 Å². The smallest absolute Gasteiger partial charge is 0.265 e. The SMILES string of the molecule is NC1CCN(CCN2C(=O)COc3c(F)cc(F)cc32)CC1. The number of hydrogen-bond acceptors (Lipinski definition) is 4. The van der Waals surface area contributed by atoms with Gasteiger partial charge in [-0.05, 0) is 25.9 Å². The molecular formula is C15H19F2N3O2. The monoisotopic (exact) mass is 311 g/mol. The second-order valence-corrected chi connectivity index (χ2v) is 5.75. The molecule has 2 heterocycles. The number of hydrogen-bond donors (Lipinski definition) is 1. The average molecular weight is 311 g/mol. The van der Waals surface area contributed by atoms with E-state index in [1.807, 2.05) is 0 Å². The minimum atomic E-state index is -0.781. The fourth-order valence-corrected chi connectivity index (χ4v) is 2.90. The second-order valence-electron chi connectivity index (χ2n) is 5.75. The highest BCUT2D eigenvalue weighted by Crippen LogP contribution is 2.35. The van der Waals surface area contributed by atoms with E-state index in [-0.39, 0.29) is 30.0 Å². The topological polar surface area (TPSA) is 58.8 Å². The van der Waals surface area contributed by atoms with E-state index in [4.69, 9.17) is 10.5 Å². The number of ether oxygens (including phenoxy) is 1. The van der Waals surface area contributed by atoms with Gasteiger partial charge in [-0.25, -0.2) is 8.78 Å². The van der Waals surface area contributed by atoms with Crippen LogP contribution in [0.4, 0.5) is 14.5 Å². The molecule has 0 aliphatic carbocycles. The summed E-state index contributed by atoms with van der Waals surface area (Å²) in [6.45, 7) is 2.57. The van der Waals surface area contributed by atoms with Gasteiger partial charge in [-0.2, -0.15) is 0 Å². The van der Waals surface area contributed by atoms with Gasteiger partial charge in [0.15, 0.2) is 18.2 Å². The van der Waals surface area contributed by atoms with Crippen LogP contribution in [-0.2, 0) is 4.79 Å². The summed E-state index contributed by atoms with van der Waals surface area (Å²) in [4.78, 5) is 15.6. The van der Waals surface area contributed by atoms with E-state index in [9.17, 15) is 13.6 Å². The summed E-state index contributed by atoms with van der Waals surface area (Å²) >= 11 is 0. The first-order valence-electron chi connectivity index (χ1n) is 7.45. The number of carbonyl (C=O) groups excluding carboxylic acids is 1. The molecule has 120 valence electrons. The quantitative estimate of drug-likeness (QED) is 0.908. The maximum atomic E-state index is 13.7. The molecule has 2 N–H and O–H groups in total. The van der Waals surface area contributed by atoms with Crippen molar-refractivity contribution in [2.45, 2.75) is 18.9 Å². The Morgan fingerprint density at radius 3 is 2.68 bits per heavy atom. The molecule has 2 aliphatic rings. The van der Waals surface area contributed by atoms with Crippen molar-refractivity contribution in [3.05, 3.63) is 23.8 Å². The fraction of sp³-hybridized carbons (Fsp3) is 0.533. The van der Waals surface area contributed by atoms with E-state index in [2.05, 4.69) is 4.90 Å². The maximum absolute atomic E-state index is 13.7. The number of carbonyl (C=O) groups is 1. The van der Waals surface area contributed by atoms with Crippen LogP contribution in [0, 0.1) is 11.6 Å². The number of halogens is 2. The molecule has 1 amide bonds. The molecule has 0 atom stereocenters. The molecule has 0 unspecified atom stereocenters. The Morgan fingerprint density at radius 2 is 1.95 bits per heavy atom. The molecule has 1 aromatic rings. The predicted molar refractivity (Wildman–Crippen MR) is 77.9 cm³/mol. The number of rotatable bonds is 3. The summed E-state index contributed by atoms with van der Waals surface area (Å²) in [6, 6.07) is 2.14. The molecule has 2 aliphatic heterocycles. The van der Waals surface area contributed by atoms with E-state index in [0.717, 1.165) is 38.1 Å². The van der Waals surface area contributed by atoms with E-state index < -0.39 is 11.6 Å². The van der Waals surface area contributed by atoms with Crippen LogP contribution in [-0.4, -0.2) is 49.6 Å². The average Bonchev–Trinajstić information content (AvgIpc) is 2.47. The van der Waals surface area contributed by atoms with Gasteiger partial charge < -0.3 is 20.3 Å². The first-order chi connectivity index (χ1) is 10.5. The number of amides is 1. The van der Waals surface area contributed by atoms with E-state index in [1.54, 1.807) is 0 Å². The van der Waals surface area contributed by atoms with Crippen molar-refractivity contribution in [1.82, 2.24) is 4.90 Å². The van der Waals surface area contributed by atoms with Gasteiger partial charge in [0.25, 0.3) is 5.91 Å². The molecule has 22 heavy (non-hydrogen) atoms. The number of likely N-dealkylation sites (tertiary alicyclic amines) is 1. The standard InChI is InChI=1S/C15H19F2N3O2/c16-10-7-12(17)15-13(8-10)20(14(21)9-22-15)6-5-19-3-1-11(18)2-4-19/h7-8,11H,1-6,9,18H2. The lowest BCUT2D eigenvalue weighted by molar-refractivity contribution is -0.121. The lowest BCUT2D eigenvalue weighted by Gasteiger charge is -2.34. The van der Waals surface area contributed by atoms with Crippen LogP contribution in [0.2, 0.25) is 0 Å². The van der Waals surface area contributed by atoms with Gasteiger partial charge in [0, 0.05) is 31.3 Å². The van der Waals surface area contributed by atoms with Crippen LogP contribution in [0.25, 0.3) is 0 Å². The maximum Gasteiger partial charge on any atom is 0.265 e. The summed E-state index contributed by atoms with van der Waals surface area (Å²) in [6.07, 6.45) is 1.85. The lowest BCUT2D eigenvalue weighted by Crippen LogP contribution is -2.46. The van der Waals surface area contributed by atoms with Gasteiger partial charge in [0.05, 0.1) is 5.69 Å². The first-order valence-corrected chi connectivity index (χ1v) is 7.45.